The number of aromatic nitrogens is 3. The molecule has 0 atom stereocenters. The Morgan fingerprint density at radius 3 is 2.43 bits per heavy atom. The topological polar surface area (TPSA) is 90.9 Å². The van der Waals surface area contributed by atoms with E-state index in [9.17, 15) is 23.1 Å². The summed E-state index contributed by atoms with van der Waals surface area (Å²) in [5, 5.41) is 18.4. The van der Waals surface area contributed by atoms with Crippen LogP contribution in [0.4, 0.5) is 19.1 Å². The van der Waals surface area contributed by atoms with Crippen LogP contribution in [0.3, 0.4) is 0 Å². The number of carbonyl (C=O) groups is 1. The number of phenolic OH excluding ortho intramolecular Hbond substituents is 1. The fraction of sp³-hybridized carbons (Fsp3) is 0.0714. The molecule has 3 rings (SSSR count). The molecule has 2 aromatic carbocycles. The van der Waals surface area contributed by atoms with Gasteiger partial charge in [-0.15, -0.1) is 5.10 Å². The molecule has 0 radical (unpaired) electrons. The molecule has 0 saturated heterocycles. The predicted octanol–water partition coefficient (Wildman–Crippen LogP) is 2.93. The van der Waals surface area contributed by atoms with Crippen LogP contribution in [0, 0.1) is 0 Å². The van der Waals surface area contributed by atoms with E-state index in [1.54, 1.807) is 29.4 Å². The summed E-state index contributed by atoms with van der Waals surface area (Å²) in [5.74, 6) is -2.97. The molecule has 0 saturated carbocycles. The first-order valence-corrected chi connectivity index (χ1v) is 6.37. The maximum Gasteiger partial charge on any atom is 0.451 e. The van der Waals surface area contributed by atoms with Gasteiger partial charge in [-0.3, -0.25) is 15.2 Å². The lowest BCUT2D eigenvalue weighted by Crippen LogP contribution is -2.13. The van der Waals surface area contributed by atoms with E-state index in [4.69, 9.17) is 0 Å². The third-order valence-electron chi connectivity index (χ3n) is 3.09. The minimum absolute atomic E-state index is 0.0953. The van der Waals surface area contributed by atoms with Gasteiger partial charge in [0.2, 0.25) is 11.8 Å². The van der Waals surface area contributed by atoms with E-state index in [2.05, 4.69) is 15.4 Å². The van der Waals surface area contributed by atoms with E-state index in [0.717, 1.165) is 5.39 Å². The second kappa shape index (κ2) is 5.27. The van der Waals surface area contributed by atoms with Crippen LogP contribution in [0.1, 0.15) is 16.2 Å². The van der Waals surface area contributed by atoms with Crippen LogP contribution in [0.5, 0.6) is 5.75 Å². The number of hydrogen-bond donors (Lipinski definition) is 3. The molecule has 23 heavy (non-hydrogen) atoms. The Hall–Kier alpha value is -3.10. The highest BCUT2D eigenvalue weighted by Crippen LogP contribution is 2.27. The largest absolute Gasteiger partial charge is 0.507 e. The third-order valence-corrected chi connectivity index (χ3v) is 3.09. The number of carbonyl (C=O) groups excluding carboxylic acids is 1. The number of aromatic hydroxyl groups is 1. The molecule has 1 heterocycles. The molecule has 0 unspecified atom stereocenters. The molecule has 0 spiro atoms. The van der Waals surface area contributed by atoms with Crippen LogP contribution >= 0.6 is 0 Å². The Kier molecular flexibility index (Phi) is 3.40. The maximum atomic E-state index is 12.4. The number of nitrogens with zero attached hydrogens (tertiary/aromatic N) is 2. The smallest absolute Gasteiger partial charge is 0.451 e. The summed E-state index contributed by atoms with van der Waals surface area (Å²) >= 11 is 0. The average Bonchev–Trinajstić information content (AvgIpc) is 2.95. The summed E-state index contributed by atoms with van der Waals surface area (Å²) in [6, 6.07) is 9.84. The lowest BCUT2D eigenvalue weighted by Gasteiger charge is -2.06. The zero-order valence-corrected chi connectivity index (χ0v) is 11.3. The Balaban J connectivity index is 1.89. The number of anilines is 1. The van der Waals surface area contributed by atoms with Crippen LogP contribution in [-0.2, 0) is 6.18 Å². The van der Waals surface area contributed by atoms with E-state index >= 15 is 0 Å². The van der Waals surface area contributed by atoms with Gasteiger partial charge in [0.25, 0.3) is 5.91 Å². The van der Waals surface area contributed by atoms with Gasteiger partial charge in [0, 0.05) is 0 Å². The normalized spacial score (nSPS) is 11.6. The summed E-state index contributed by atoms with van der Waals surface area (Å²) in [5.41, 5.74) is -0.0953. The highest BCUT2D eigenvalue weighted by Gasteiger charge is 2.35. The number of halogens is 3. The molecular weight excluding hydrogens is 313 g/mol. The first kappa shape index (κ1) is 14.8. The molecule has 3 aromatic rings. The summed E-state index contributed by atoms with van der Waals surface area (Å²) < 4.78 is 37.2. The molecule has 9 heteroatoms. The van der Waals surface area contributed by atoms with E-state index in [-0.39, 0.29) is 11.3 Å². The molecule has 6 nitrogen and oxygen atoms in total. The molecule has 3 N–H and O–H groups in total. The number of amides is 1. The van der Waals surface area contributed by atoms with Gasteiger partial charge >= 0.3 is 6.18 Å². The highest BCUT2D eigenvalue weighted by atomic mass is 19.4. The van der Waals surface area contributed by atoms with Crippen LogP contribution in [0.15, 0.2) is 36.4 Å². The van der Waals surface area contributed by atoms with Crippen LogP contribution in [0.25, 0.3) is 10.8 Å². The fourth-order valence-electron chi connectivity index (χ4n) is 2.02. The van der Waals surface area contributed by atoms with Crippen molar-refractivity contribution in [1.82, 2.24) is 15.2 Å². The number of aromatic amines is 1. The van der Waals surface area contributed by atoms with Gasteiger partial charge in [-0.05, 0) is 22.9 Å². The monoisotopic (exact) mass is 322 g/mol. The van der Waals surface area contributed by atoms with Crippen LogP contribution < -0.4 is 5.32 Å². The van der Waals surface area contributed by atoms with Crippen LogP contribution in [-0.4, -0.2) is 26.2 Å². The summed E-state index contributed by atoms with van der Waals surface area (Å²) in [4.78, 5) is 15.2. The van der Waals surface area contributed by atoms with E-state index < -0.39 is 23.9 Å². The molecule has 0 bridgehead atoms. The fourth-order valence-corrected chi connectivity index (χ4v) is 2.02. The maximum absolute atomic E-state index is 12.4. The number of benzene rings is 2. The Labute approximate surface area is 127 Å². The number of alkyl halides is 3. The number of hydrogen-bond acceptors (Lipinski definition) is 4. The molecule has 0 fully saturated rings. The SMILES string of the molecule is O=C(Nc1n[nH]c(C(F)(F)F)n1)c1cc2ccccc2cc1O. The minimum atomic E-state index is -4.69. The minimum Gasteiger partial charge on any atom is -0.507 e. The zero-order valence-electron chi connectivity index (χ0n) is 11.3. The summed E-state index contributed by atoms with van der Waals surface area (Å²) in [7, 11) is 0. The second-order valence-electron chi connectivity index (χ2n) is 4.68. The van der Waals surface area contributed by atoms with Crippen molar-refractivity contribution in [3.8, 4) is 5.75 Å². The molecule has 0 aliphatic carbocycles. The molecule has 1 aromatic heterocycles. The van der Waals surface area contributed by atoms with E-state index in [0.29, 0.717) is 5.39 Å². The van der Waals surface area contributed by atoms with E-state index in [1.807, 2.05) is 0 Å². The first-order valence-electron chi connectivity index (χ1n) is 6.37. The van der Waals surface area contributed by atoms with Crippen molar-refractivity contribution < 1.29 is 23.1 Å². The molecule has 0 aliphatic heterocycles. The lowest BCUT2D eigenvalue weighted by atomic mass is 10.1. The third kappa shape index (κ3) is 2.93. The quantitative estimate of drug-likeness (QED) is 0.676. The van der Waals surface area contributed by atoms with Crippen molar-refractivity contribution in [2.45, 2.75) is 6.18 Å². The van der Waals surface area contributed by atoms with Gasteiger partial charge < -0.3 is 5.11 Å². The second-order valence-corrected chi connectivity index (χ2v) is 4.68. The van der Waals surface area contributed by atoms with Gasteiger partial charge in [0.15, 0.2) is 0 Å². The van der Waals surface area contributed by atoms with Crippen molar-refractivity contribution in [3.05, 3.63) is 47.8 Å². The lowest BCUT2D eigenvalue weighted by molar-refractivity contribution is -0.144. The van der Waals surface area contributed by atoms with Crippen molar-refractivity contribution in [1.29, 1.82) is 0 Å². The number of fused-ring (bicyclic) bond motifs is 1. The van der Waals surface area contributed by atoms with Gasteiger partial charge in [-0.2, -0.15) is 18.2 Å². The molecule has 0 aliphatic rings. The van der Waals surface area contributed by atoms with Gasteiger partial charge in [-0.1, -0.05) is 24.3 Å². The number of phenols is 1. The average molecular weight is 322 g/mol. The Morgan fingerprint density at radius 1 is 1.17 bits per heavy atom. The molecule has 1 amide bonds. The first-order chi connectivity index (χ1) is 10.8. The summed E-state index contributed by atoms with van der Waals surface area (Å²) in [6.45, 7) is 0. The Morgan fingerprint density at radius 2 is 1.83 bits per heavy atom. The number of H-pyrrole nitrogens is 1. The van der Waals surface area contributed by atoms with Crippen molar-refractivity contribution >= 4 is 22.6 Å². The van der Waals surface area contributed by atoms with Crippen LogP contribution in [0.2, 0.25) is 0 Å². The molecular formula is C14H9F3N4O2. The van der Waals surface area contributed by atoms with Gasteiger partial charge in [0.1, 0.15) is 5.75 Å². The van der Waals surface area contributed by atoms with Crippen molar-refractivity contribution in [2.75, 3.05) is 5.32 Å². The standard InChI is InChI=1S/C14H9F3N4O2/c15-14(16,17)12-19-13(21-20-12)18-11(23)9-5-7-3-1-2-4-8(7)6-10(9)22/h1-6,22H,(H2,18,19,20,21,23). The number of rotatable bonds is 2. The Bertz CT molecular complexity index is 889. The predicted molar refractivity (Wildman–Crippen MR) is 75.0 cm³/mol. The van der Waals surface area contributed by atoms with Gasteiger partial charge in [0.05, 0.1) is 5.56 Å². The summed E-state index contributed by atoms with van der Waals surface area (Å²) in [6.07, 6.45) is -4.69. The van der Waals surface area contributed by atoms with E-state index in [1.165, 1.54) is 12.1 Å². The van der Waals surface area contributed by atoms with Crippen molar-refractivity contribution in [2.24, 2.45) is 0 Å². The highest BCUT2D eigenvalue weighted by molar-refractivity contribution is 6.07. The zero-order chi connectivity index (χ0) is 16.6. The van der Waals surface area contributed by atoms with Crippen molar-refractivity contribution in [3.63, 3.8) is 0 Å². The van der Waals surface area contributed by atoms with Gasteiger partial charge in [-0.25, -0.2) is 0 Å². The molecule has 118 valence electrons. The number of nitrogens with one attached hydrogen (secondary N) is 2.